The molecule has 158 valence electrons. The highest BCUT2D eigenvalue weighted by molar-refractivity contribution is 6.42. The fraction of sp³-hybridized carbons (Fsp3) is 0.300. The Morgan fingerprint density at radius 3 is 2.67 bits per heavy atom. The van der Waals surface area contributed by atoms with E-state index in [1.54, 1.807) is 26.1 Å². The van der Waals surface area contributed by atoms with Crippen molar-refractivity contribution in [2.24, 2.45) is 7.05 Å². The van der Waals surface area contributed by atoms with E-state index in [1.165, 1.54) is 17.7 Å². The maximum absolute atomic E-state index is 12.7. The van der Waals surface area contributed by atoms with E-state index in [1.807, 2.05) is 6.07 Å². The van der Waals surface area contributed by atoms with Crippen LogP contribution in [0.3, 0.4) is 0 Å². The first-order chi connectivity index (χ1) is 14.3. The van der Waals surface area contributed by atoms with Crippen molar-refractivity contribution in [1.29, 1.82) is 0 Å². The number of benzene rings is 1. The second kappa shape index (κ2) is 9.32. The summed E-state index contributed by atoms with van der Waals surface area (Å²) in [5, 5.41) is 7.63. The molecule has 0 saturated heterocycles. The molecule has 1 amide bonds. The molecule has 0 atom stereocenters. The number of aryl methyl sites for hydroxylation is 2. The Kier molecular flexibility index (Phi) is 6.79. The molecule has 0 spiro atoms. The molecule has 2 heterocycles. The highest BCUT2D eigenvalue weighted by Crippen LogP contribution is 2.23. The van der Waals surface area contributed by atoms with Crippen LogP contribution in [0.15, 0.2) is 33.6 Å². The molecule has 2 aromatic heterocycles. The van der Waals surface area contributed by atoms with E-state index >= 15 is 0 Å². The fourth-order valence-electron chi connectivity index (χ4n) is 2.94. The van der Waals surface area contributed by atoms with Crippen LogP contribution in [-0.4, -0.2) is 34.3 Å². The summed E-state index contributed by atoms with van der Waals surface area (Å²) < 4.78 is 11.5. The zero-order chi connectivity index (χ0) is 21.8. The Labute approximate surface area is 182 Å². The lowest BCUT2D eigenvalue weighted by Crippen LogP contribution is -2.29. The third-order valence-corrected chi connectivity index (χ3v) is 5.24. The first-order valence-electron chi connectivity index (χ1n) is 9.12. The van der Waals surface area contributed by atoms with Gasteiger partial charge in [0.05, 0.1) is 28.4 Å². The number of aromatic nitrogens is 3. The number of nitrogens with one attached hydrogen (secondary N) is 1. The fourth-order valence-corrected chi connectivity index (χ4v) is 3.27. The van der Waals surface area contributed by atoms with Crippen molar-refractivity contribution >= 4 is 29.1 Å². The van der Waals surface area contributed by atoms with E-state index in [4.69, 9.17) is 32.5 Å². The molecule has 0 aliphatic rings. The van der Waals surface area contributed by atoms with Gasteiger partial charge in [0.1, 0.15) is 0 Å². The quantitative estimate of drug-likeness (QED) is 0.553. The van der Waals surface area contributed by atoms with Crippen molar-refractivity contribution in [2.75, 3.05) is 13.7 Å². The molecule has 0 bridgehead atoms. The van der Waals surface area contributed by atoms with Crippen LogP contribution in [0.2, 0.25) is 10.0 Å². The van der Waals surface area contributed by atoms with E-state index in [9.17, 15) is 9.59 Å². The Morgan fingerprint density at radius 1 is 1.27 bits per heavy atom. The number of methoxy groups -OCH3 is 1. The lowest BCUT2D eigenvalue weighted by Gasteiger charge is -2.13. The summed E-state index contributed by atoms with van der Waals surface area (Å²) in [5.41, 5.74) is 0.990. The third kappa shape index (κ3) is 4.66. The molecular weight excluding hydrogens is 431 g/mol. The summed E-state index contributed by atoms with van der Waals surface area (Å²) in [6.45, 7) is 2.04. The number of carbonyl (C=O) groups is 1. The van der Waals surface area contributed by atoms with Crippen molar-refractivity contribution in [3.63, 3.8) is 0 Å². The number of amides is 1. The zero-order valence-corrected chi connectivity index (χ0v) is 18.2. The van der Waals surface area contributed by atoms with Crippen LogP contribution in [-0.2, 0) is 13.5 Å². The van der Waals surface area contributed by atoms with E-state index < -0.39 is 11.5 Å². The van der Waals surface area contributed by atoms with Gasteiger partial charge in [-0.1, -0.05) is 34.4 Å². The molecule has 0 aliphatic carbocycles. The smallest absolute Gasteiger partial charge is 0.294 e. The highest BCUT2D eigenvalue weighted by Gasteiger charge is 2.21. The standard InChI is InChI=1S/C20H20Cl2N4O4/c1-11-24-18(25-30-11)16-10-13(17(29-3)20(28)26(16)2)19(27)23-8-4-5-12-6-7-14(21)15(22)9-12/h6-7,9-10H,4-5,8H2,1-3H3,(H,23,27). The van der Waals surface area contributed by atoms with Crippen molar-refractivity contribution in [2.45, 2.75) is 19.8 Å². The maximum Gasteiger partial charge on any atom is 0.294 e. The normalized spacial score (nSPS) is 10.8. The molecule has 0 fully saturated rings. The van der Waals surface area contributed by atoms with Gasteiger partial charge in [-0.15, -0.1) is 0 Å². The van der Waals surface area contributed by atoms with Gasteiger partial charge in [-0.25, -0.2) is 0 Å². The summed E-state index contributed by atoms with van der Waals surface area (Å²) in [5.74, 6) is 0.0774. The number of rotatable bonds is 7. The summed E-state index contributed by atoms with van der Waals surface area (Å²) >= 11 is 11.9. The Bertz CT molecular complexity index is 1140. The Balaban J connectivity index is 1.75. The number of halogens is 2. The molecule has 0 saturated carbocycles. The molecule has 8 nitrogen and oxygen atoms in total. The van der Waals surface area contributed by atoms with Crippen molar-refractivity contribution in [3.8, 4) is 17.3 Å². The predicted octanol–water partition coefficient (Wildman–Crippen LogP) is 3.42. The molecule has 10 heteroatoms. The van der Waals surface area contributed by atoms with Crippen LogP contribution >= 0.6 is 23.2 Å². The molecule has 1 aromatic carbocycles. The largest absolute Gasteiger partial charge is 0.491 e. The predicted molar refractivity (Wildman–Crippen MR) is 113 cm³/mol. The van der Waals surface area contributed by atoms with Crippen molar-refractivity contribution < 1.29 is 14.1 Å². The molecular formula is C20H20Cl2N4O4. The number of pyridine rings is 1. The maximum atomic E-state index is 12.7. The number of hydrogen-bond donors (Lipinski definition) is 1. The monoisotopic (exact) mass is 450 g/mol. The topological polar surface area (TPSA) is 99.2 Å². The molecule has 0 unspecified atom stereocenters. The lowest BCUT2D eigenvalue weighted by atomic mass is 10.1. The van der Waals surface area contributed by atoms with Crippen LogP contribution in [0, 0.1) is 6.92 Å². The SMILES string of the molecule is COc1c(C(=O)NCCCc2ccc(Cl)c(Cl)c2)cc(-c2noc(C)n2)n(C)c1=O. The second-order valence-electron chi connectivity index (χ2n) is 6.59. The van der Waals surface area contributed by atoms with E-state index in [2.05, 4.69) is 15.5 Å². The molecule has 0 aliphatic heterocycles. The van der Waals surface area contributed by atoms with E-state index in [-0.39, 0.29) is 17.1 Å². The molecule has 0 radical (unpaired) electrons. The number of hydrogen-bond acceptors (Lipinski definition) is 6. The molecule has 1 N–H and O–H groups in total. The minimum atomic E-state index is -0.474. The van der Waals surface area contributed by atoms with Gasteiger partial charge in [0.15, 0.2) is 5.75 Å². The number of ether oxygens (including phenoxy) is 1. The van der Waals surface area contributed by atoms with E-state index in [0.717, 1.165) is 5.56 Å². The highest BCUT2D eigenvalue weighted by atomic mass is 35.5. The summed E-state index contributed by atoms with van der Waals surface area (Å²) in [7, 11) is 2.89. The van der Waals surface area contributed by atoms with Crippen LogP contribution in [0.4, 0.5) is 0 Å². The van der Waals surface area contributed by atoms with Crippen LogP contribution in [0.25, 0.3) is 11.5 Å². The minimum Gasteiger partial charge on any atom is -0.491 e. The van der Waals surface area contributed by atoms with Gasteiger partial charge in [0.25, 0.3) is 11.5 Å². The lowest BCUT2D eigenvalue weighted by molar-refractivity contribution is 0.0949. The van der Waals surface area contributed by atoms with Gasteiger partial charge in [-0.3, -0.25) is 9.59 Å². The average molecular weight is 451 g/mol. The Hall–Kier alpha value is -2.84. The van der Waals surface area contributed by atoms with Crippen LogP contribution < -0.4 is 15.6 Å². The van der Waals surface area contributed by atoms with Gasteiger partial charge >= 0.3 is 0 Å². The summed E-state index contributed by atoms with van der Waals surface area (Å²) in [4.78, 5) is 29.5. The van der Waals surface area contributed by atoms with Gasteiger partial charge in [-0.2, -0.15) is 4.98 Å². The zero-order valence-electron chi connectivity index (χ0n) is 16.7. The average Bonchev–Trinajstić information content (AvgIpc) is 3.15. The van der Waals surface area contributed by atoms with Gasteiger partial charge in [-0.05, 0) is 36.6 Å². The van der Waals surface area contributed by atoms with Crippen LogP contribution in [0.5, 0.6) is 5.75 Å². The van der Waals surface area contributed by atoms with Crippen molar-refractivity contribution in [1.82, 2.24) is 20.0 Å². The Morgan fingerprint density at radius 2 is 2.03 bits per heavy atom. The van der Waals surface area contributed by atoms with Crippen molar-refractivity contribution in [3.05, 3.63) is 61.7 Å². The van der Waals surface area contributed by atoms with Gasteiger partial charge in [0, 0.05) is 20.5 Å². The first kappa shape index (κ1) is 21.9. The number of carbonyl (C=O) groups excluding carboxylic acids is 1. The van der Waals surface area contributed by atoms with Gasteiger partial charge < -0.3 is 19.1 Å². The number of nitrogens with zero attached hydrogens (tertiary/aromatic N) is 3. The third-order valence-electron chi connectivity index (χ3n) is 4.50. The summed E-state index contributed by atoms with van der Waals surface area (Å²) in [6.07, 6.45) is 1.38. The van der Waals surface area contributed by atoms with Crippen LogP contribution in [0.1, 0.15) is 28.2 Å². The first-order valence-corrected chi connectivity index (χ1v) is 9.88. The van der Waals surface area contributed by atoms with E-state index in [0.29, 0.717) is 41.0 Å². The molecule has 30 heavy (non-hydrogen) atoms. The molecule has 3 rings (SSSR count). The van der Waals surface area contributed by atoms with Gasteiger partial charge in [0.2, 0.25) is 11.7 Å². The summed E-state index contributed by atoms with van der Waals surface area (Å²) in [6, 6.07) is 6.94. The minimum absolute atomic E-state index is 0.0524. The second-order valence-corrected chi connectivity index (χ2v) is 7.40. The molecule has 3 aromatic rings.